The van der Waals surface area contributed by atoms with Crippen molar-refractivity contribution in [1.82, 2.24) is 13.9 Å². The average molecular weight is 289 g/mol. The van der Waals surface area contributed by atoms with Crippen LogP contribution in [-0.4, -0.2) is 50.1 Å². The van der Waals surface area contributed by atoms with Gasteiger partial charge in [-0.2, -0.15) is 17.0 Å². The Morgan fingerprint density at radius 3 is 2.78 bits per heavy atom. The van der Waals surface area contributed by atoms with Crippen molar-refractivity contribution in [1.29, 1.82) is 0 Å². The molecule has 100 valence electrons. The van der Waals surface area contributed by atoms with Crippen molar-refractivity contribution in [2.24, 2.45) is 0 Å². The second-order valence-corrected chi connectivity index (χ2v) is 7.18. The third kappa shape index (κ3) is 2.28. The molecule has 1 saturated heterocycles. The smallest absolute Gasteiger partial charge is 0.282 e. The fraction of sp³-hybridized carbons (Fsp3) is 0.500. The molecule has 1 fully saturated rings. The van der Waals surface area contributed by atoms with Gasteiger partial charge in [0.1, 0.15) is 6.04 Å². The van der Waals surface area contributed by atoms with Crippen molar-refractivity contribution in [2.45, 2.75) is 6.04 Å². The lowest BCUT2D eigenvalue weighted by Crippen LogP contribution is -2.54. The van der Waals surface area contributed by atoms with Crippen LogP contribution in [0.4, 0.5) is 0 Å². The van der Waals surface area contributed by atoms with E-state index < -0.39 is 16.3 Å². The van der Waals surface area contributed by atoms with Gasteiger partial charge in [-0.1, -0.05) is 6.07 Å². The molecule has 8 heteroatoms. The number of thiophene rings is 1. The van der Waals surface area contributed by atoms with Gasteiger partial charge in [0.15, 0.2) is 0 Å². The number of amides is 1. The SMILES string of the molecule is CN(C)S(=O)(=O)N1CCNC(=O)C1c1cccs1. The molecule has 2 heterocycles. The van der Waals surface area contributed by atoms with Crippen LogP contribution in [0.3, 0.4) is 0 Å². The lowest BCUT2D eigenvalue weighted by molar-refractivity contribution is -0.126. The number of rotatable bonds is 3. The summed E-state index contributed by atoms with van der Waals surface area (Å²) in [7, 11) is -0.664. The summed E-state index contributed by atoms with van der Waals surface area (Å²) in [6.07, 6.45) is 0. The standard InChI is InChI=1S/C10H15N3O3S2/c1-12(2)18(15,16)13-6-5-11-10(14)9(13)8-4-3-7-17-8/h3-4,7,9H,5-6H2,1-2H3,(H,11,14). The van der Waals surface area contributed by atoms with Crippen molar-refractivity contribution in [3.05, 3.63) is 22.4 Å². The third-order valence-corrected chi connectivity index (χ3v) is 5.57. The quantitative estimate of drug-likeness (QED) is 0.853. The maximum atomic E-state index is 12.2. The Morgan fingerprint density at radius 1 is 1.50 bits per heavy atom. The first-order valence-electron chi connectivity index (χ1n) is 5.45. The van der Waals surface area contributed by atoms with E-state index in [2.05, 4.69) is 5.32 Å². The van der Waals surface area contributed by atoms with Crippen LogP contribution in [-0.2, 0) is 15.0 Å². The normalized spacial score (nSPS) is 22.2. The molecule has 1 aromatic heterocycles. The number of hydrogen-bond acceptors (Lipinski definition) is 4. The number of nitrogens with one attached hydrogen (secondary N) is 1. The molecule has 1 atom stereocenters. The molecule has 1 aromatic rings. The van der Waals surface area contributed by atoms with Crippen molar-refractivity contribution < 1.29 is 13.2 Å². The maximum absolute atomic E-state index is 12.2. The summed E-state index contributed by atoms with van der Waals surface area (Å²) in [5.41, 5.74) is 0. The minimum absolute atomic E-state index is 0.269. The highest BCUT2D eigenvalue weighted by molar-refractivity contribution is 7.86. The molecule has 0 bridgehead atoms. The van der Waals surface area contributed by atoms with Crippen molar-refractivity contribution in [3.8, 4) is 0 Å². The predicted molar refractivity (Wildman–Crippen MR) is 69.4 cm³/mol. The fourth-order valence-electron chi connectivity index (χ4n) is 1.82. The van der Waals surface area contributed by atoms with E-state index in [-0.39, 0.29) is 12.5 Å². The van der Waals surface area contributed by atoms with Gasteiger partial charge >= 0.3 is 0 Å². The molecule has 1 aliphatic rings. The van der Waals surface area contributed by atoms with Gasteiger partial charge in [-0.25, -0.2) is 0 Å². The summed E-state index contributed by atoms with van der Waals surface area (Å²) in [4.78, 5) is 12.7. The molecule has 6 nitrogen and oxygen atoms in total. The fourth-order valence-corrected chi connectivity index (χ4v) is 3.94. The minimum atomic E-state index is -3.60. The zero-order valence-electron chi connectivity index (χ0n) is 10.2. The van der Waals surface area contributed by atoms with E-state index in [0.717, 1.165) is 9.18 Å². The highest BCUT2D eigenvalue weighted by Gasteiger charge is 2.40. The Kier molecular flexibility index (Phi) is 3.71. The van der Waals surface area contributed by atoms with Gasteiger partial charge in [-0.3, -0.25) is 4.79 Å². The summed E-state index contributed by atoms with van der Waals surface area (Å²) >= 11 is 1.38. The summed E-state index contributed by atoms with van der Waals surface area (Å²) in [6.45, 7) is 0.628. The largest absolute Gasteiger partial charge is 0.353 e. The molecule has 0 aliphatic carbocycles. The molecular weight excluding hydrogens is 274 g/mol. The van der Waals surface area contributed by atoms with E-state index in [1.165, 1.54) is 29.7 Å². The molecule has 1 aliphatic heterocycles. The van der Waals surface area contributed by atoms with Crippen LogP contribution >= 0.6 is 11.3 Å². The Bertz CT molecular complexity index is 525. The van der Waals surface area contributed by atoms with Gasteiger partial charge in [0.2, 0.25) is 5.91 Å². The molecule has 2 rings (SSSR count). The summed E-state index contributed by atoms with van der Waals surface area (Å²) in [5, 5.41) is 4.54. The number of hydrogen-bond donors (Lipinski definition) is 1. The van der Waals surface area contributed by atoms with E-state index in [4.69, 9.17) is 0 Å². The molecule has 1 amide bonds. The van der Waals surface area contributed by atoms with E-state index in [1.54, 1.807) is 6.07 Å². The van der Waals surface area contributed by atoms with Crippen LogP contribution in [0.1, 0.15) is 10.9 Å². The highest BCUT2D eigenvalue weighted by Crippen LogP contribution is 2.29. The summed E-state index contributed by atoms with van der Waals surface area (Å²) in [5.74, 6) is -0.269. The molecule has 0 spiro atoms. The first-order chi connectivity index (χ1) is 8.44. The van der Waals surface area contributed by atoms with Crippen molar-refractivity contribution >= 4 is 27.5 Å². The monoisotopic (exact) mass is 289 g/mol. The minimum Gasteiger partial charge on any atom is -0.353 e. The Morgan fingerprint density at radius 2 is 2.22 bits per heavy atom. The average Bonchev–Trinajstić information content (AvgIpc) is 2.81. The number of nitrogens with zero attached hydrogens (tertiary/aromatic N) is 2. The number of carbonyl (C=O) groups excluding carboxylic acids is 1. The van der Waals surface area contributed by atoms with Gasteiger partial charge in [-0.15, -0.1) is 11.3 Å². The van der Waals surface area contributed by atoms with Gasteiger partial charge in [0.25, 0.3) is 10.2 Å². The lowest BCUT2D eigenvalue weighted by atomic mass is 10.2. The summed E-state index contributed by atoms with van der Waals surface area (Å²) in [6, 6.07) is 2.83. The van der Waals surface area contributed by atoms with E-state index in [9.17, 15) is 13.2 Å². The van der Waals surface area contributed by atoms with Gasteiger partial charge in [-0.05, 0) is 11.4 Å². The second kappa shape index (κ2) is 4.96. The van der Waals surface area contributed by atoms with Gasteiger partial charge in [0.05, 0.1) is 0 Å². The third-order valence-electron chi connectivity index (χ3n) is 2.74. The zero-order chi connectivity index (χ0) is 13.3. The van der Waals surface area contributed by atoms with Crippen LogP contribution in [0.2, 0.25) is 0 Å². The molecule has 18 heavy (non-hydrogen) atoms. The molecule has 0 radical (unpaired) electrons. The van der Waals surface area contributed by atoms with Crippen LogP contribution in [0.5, 0.6) is 0 Å². The van der Waals surface area contributed by atoms with Crippen molar-refractivity contribution in [2.75, 3.05) is 27.2 Å². The Balaban J connectivity index is 2.41. The maximum Gasteiger partial charge on any atom is 0.282 e. The number of carbonyl (C=O) groups is 1. The Labute approximate surface area is 110 Å². The highest BCUT2D eigenvalue weighted by atomic mass is 32.2. The zero-order valence-corrected chi connectivity index (χ0v) is 11.8. The van der Waals surface area contributed by atoms with Gasteiger partial charge < -0.3 is 5.32 Å². The van der Waals surface area contributed by atoms with Gasteiger partial charge in [0, 0.05) is 32.1 Å². The topological polar surface area (TPSA) is 69.7 Å². The van der Waals surface area contributed by atoms with Crippen LogP contribution in [0, 0.1) is 0 Å². The molecular formula is C10H15N3O3S2. The molecule has 0 saturated carbocycles. The molecule has 0 aromatic carbocycles. The lowest BCUT2D eigenvalue weighted by Gasteiger charge is -2.34. The van der Waals surface area contributed by atoms with Crippen LogP contribution in [0.15, 0.2) is 17.5 Å². The van der Waals surface area contributed by atoms with E-state index in [1.807, 2.05) is 11.4 Å². The first-order valence-corrected chi connectivity index (χ1v) is 7.72. The summed E-state index contributed by atoms with van der Waals surface area (Å²) < 4.78 is 26.8. The second-order valence-electron chi connectivity index (χ2n) is 4.11. The molecule has 1 unspecified atom stereocenters. The Hall–Kier alpha value is -0.960. The number of piperazine rings is 1. The van der Waals surface area contributed by atoms with E-state index in [0.29, 0.717) is 6.54 Å². The van der Waals surface area contributed by atoms with Crippen molar-refractivity contribution in [3.63, 3.8) is 0 Å². The molecule has 1 N–H and O–H groups in total. The van der Waals surface area contributed by atoms with Crippen LogP contribution in [0.25, 0.3) is 0 Å². The predicted octanol–water partition coefficient (Wildman–Crippen LogP) is 0.0274. The van der Waals surface area contributed by atoms with Crippen LogP contribution < -0.4 is 5.32 Å². The van der Waals surface area contributed by atoms with E-state index >= 15 is 0 Å². The first kappa shape index (κ1) is 13.5.